The summed E-state index contributed by atoms with van der Waals surface area (Å²) < 4.78 is 31.8. The molecule has 0 heterocycles. The van der Waals surface area contributed by atoms with Crippen LogP contribution in [0.4, 0.5) is 17.1 Å². The highest BCUT2D eigenvalue weighted by atomic mass is 32.2. The summed E-state index contributed by atoms with van der Waals surface area (Å²) in [4.78, 5) is 23.3. The van der Waals surface area contributed by atoms with Crippen LogP contribution in [0.2, 0.25) is 0 Å². The Kier molecular flexibility index (Phi) is 6.74. The van der Waals surface area contributed by atoms with Crippen LogP contribution in [-0.4, -0.2) is 32.0 Å². The number of hydrogen-bond acceptors (Lipinski definition) is 6. The lowest BCUT2D eigenvalue weighted by Crippen LogP contribution is -2.37. The van der Waals surface area contributed by atoms with Crippen LogP contribution in [0, 0.1) is 17.0 Å². The first kappa shape index (κ1) is 22.8. The lowest BCUT2D eigenvalue weighted by molar-refractivity contribution is -0.385. The molecule has 0 aliphatic rings. The average Bonchev–Trinajstić information content (AvgIpc) is 2.74. The van der Waals surface area contributed by atoms with E-state index in [1.54, 1.807) is 42.5 Å². The maximum absolute atomic E-state index is 12.7. The average molecular weight is 455 g/mol. The van der Waals surface area contributed by atoms with Gasteiger partial charge in [-0.2, -0.15) is 0 Å². The second-order valence-corrected chi connectivity index (χ2v) is 8.81. The highest BCUT2D eigenvalue weighted by Crippen LogP contribution is 2.33. The van der Waals surface area contributed by atoms with E-state index in [2.05, 4.69) is 5.32 Å². The lowest BCUT2D eigenvalue weighted by Gasteiger charge is -2.24. The minimum absolute atomic E-state index is 0.149. The Morgan fingerprint density at radius 3 is 2.34 bits per heavy atom. The third kappa shape index (κ3) is 5.41. The van der Waals surface area contributed by atoms with E-state index < -0.39 is 27.4 Å². The molecule has 0 spiro atoms. The van der Waals surface area contributed by atoms with Gasteiger partial charge in [0.1, 0.15) is 12.3 Å². The molecule has 3 rings (SSSR count). The summed E-state index contributed by atoms with van der Waals surface area (Å²) in [5.41, 5.74) is 0.533. The molecule has 166 valence electrons. The van der Waals surface area contributed by atoms with E-state index in [0.29, 0.717) is 5.75 Å². The standard InChI is InChI=1S/C22H21N3O6S/c1-16-18(11-8-13-19(16)25(27)28)23-22(26)15-24(32(2,29)30)20-12-6-7-14-21(20)31-17-9-4-3-5-10-17/h3-14H,15H2,1-2H3,(H,23,26). The van der Waals surface area contributed by atoms with Gasteiger partial charge in [0.2, 0.25) is 15.9 Å². The lowest BCUT2D eigenvalue weighted by atomic mass is 10.1. The molecule has 0 saturated heterocycles. The van der Waals surface area contributed by atoms with Crippen molar-refractivity contribution in [1.82, 2.24) is 0 Å². The van der Waals surface area contributed by atoms with Gasteiger partial charge in [0, 0.05) is 6.07 Å². The van der Waals surface area contributed by atoms with Crippen molar-refractivity contribution < 1.29 is 22.9 Å². The summed E-state index contributed by atoms with van der Waals surface area (Å²) in [6.45, 7) is 0.960. The van der Waals surface area contributed by atoms with Crippen molar-refractivity contribution in [1.29, 1.82) is 0 Å². The fraction of sp³-hybridized carbons (Fsp3) is 0.136. The Balaban J connectivity index is 1.89. The number of carbonyl (C=O) groups excluding carboxylic acids is 1. The minimum atomic E-state index is -3.87. The molecule has 3 aromatic rings. The van der Waals surface area contributed by atoms with Crippen LogP contribution in [0.5, 0.6) is 11.5 Å². The molecule has 0 fully saturated rings. The number of carbonyl (C=O) groups is 1. The van der Waals surface area contributed by atoms with Crippen LogP contribution < -0.4 is 14.4 Å². The van der Waals surface area contributed by atoms with E-state index >= 15 is 0 Å². The van der Waals surface area contributed by atoms with Crippen LogP contribution >= 0.6 is 0 Å². The molecule has 0 bridgehead atoms. The maximum Gasteiger partial charge on any atom is 0.274 e. The summed E-state index contributed by atoms with van der Waals surface area (Å²) in [6, 6.07) is 19.6. The van der Waals surface area contributed by atoms with Gasteiger partial charge in [-0.15, -0.1) is 0 Å². The quantitative estimate of drug-likeness (QED) is 0.403. The van der Waals surface area contributed by atoms with Crippen molar-refractivity contribution in [2.24, 2.45) is 0 Å². The largest absolute Gasteiger partial charge is 0.455 e. The zero-order valence-corrected chi connectivity index (χ0v) is 18.2. The normalized spacial score (nSPS) is 10.9. The molecule has 3 aromatic carbocycles. The molecular weight excluding hydrogens is 434 g/mol. The van der Waals surface area contributed by atoms with E-state index in [1.807, 2.05) is 6.07 Å². The minimum Gasteiger partial charge on any atom is -0.455 e. The van der Waals surface area contributed by atoms with Crippen LogP contribution in [0.15, 0.2) is 72.8 Å². The number of nitrogens with zero attached hydrogens (tertiary/aromatic N) is 2. The molecule has 32 heavy (non-hydrogen) atoms. The first-order valence-electron chi connectivity index (χ1n) is 9.50. The van der Waals surface area contributed by atoms with Crippen LogP contribution in [-0.2, 0) is 14.8 Å². The Morgan fingerprint density at radius 1 is 1.03 bits per heavy atom. The SMILES string of the molecule is Cc1c(NC(=O)CN(c2ccccc2Oc2ccccc2)S(C)(=O)=O)cccc1[N+](=O)[O-]. The maximum atomic E-state index is 12.7. The number of hydrogen-bond donors (Lipinski definition) is 1. The van der Waals surface area contributed by atoms with Gasteiger partial charge < -0.3 is 10.1 Å². The van der Waals surface area contributed by atoms with Gasteiger partial charge in [0.05, 0.1) is 28.1 Å². The molecule has 0 atom stereocenters. The van der Waals surface area contributed by atoms with Crippen molar-refractivity contribution in [2.75, 3.05) is 22.4 Å². The topological polar surface area (TPSA) is 119 Å². The Labute approximate surface area is 185 Å². The second-order valence-electron chi connectivity index (χ2n) is 6.91. The smallest absolute Gasteiger partial charge is 0.274 e. The molecule has 1 N–H and O–H groups in total. The summed E-state index contributed by atoms with van der Waals surface area (Å²) in [5.74, 6) is 0.0991. The first-order valence-corrected chi connectivity index (χ1v) is 11.3. The fourth-order valence-corrected chi connectivity index (χ4v) is 3.88. The number of benzene rings is 3. The summed E-state index contributed by atoms with van der Waals surface area (Å²) >= 11 is 0. The van der Waals surface area contributed by atoms with Gasteiger partial charge in [-0.1, -0.05) is 36.4 Å². The third-order valence-corrected chi connectivity index (χ3v) is 5.69. The number of amides is 1. The van der Waals surface area contributed by atoms with E-state index in [4.69, 9.17) is 4.74 Å². The van der Waals surface area contributed by atoms with E-state index in [-0.39, 0.29) is 28.4 Å². The molecule has 1 amide bonds. The predicted octanol–water partition coefficient (Wildman–Crippen LogP) is 4.10. The third-order valence-electron chi connectivity index (χ3n) is 4.57. The van der Waals surface area contributed by atoms with Gasteiger partial charge >= 0.3 is 0 Å². The van der Waals surface area contributed by atoms with Crippen LogP contribution in [0.25, 0.3) is 0 Å². The molecule has 0 aliphatic heterocycles. The van der Waals surface area contributed by atoms with E-state index in [1.165, 1.54) is 31.2 Å². The first-order chi connectivity index (χ1) is 15.2. The predicted molar refractivity (Wildman–Crippen MR) is 122 cm³/mol. The summed E-state index contributed by atoms with van der Waals surface area (Å²) in [7, 11) is -3.87. The van der Waals surface area contributed by atoms with Crippen molar-refractivity contribution >= 4 is 33.0 Å². The van der Waals surface area contributed by atoms with Gasteiger partial charge in [0.15, 0.2) is 5.75 Å². The molecule has 0 radical (unpaired) electrons. The number of nitrogens with one attached hydrogen (secondary N) is 1. The monoisotopic (exact) mass is 455 g/mol. The van der Waals surface area contributed by atoms with Gasteiger partial charge in [-0.25, -0.2) is 8.42 Å². The van der Waals surface area contributed by atoms with Crippen molar-refractivity contribution in [3.8, 4) is 11.5 Å². The Hall–Kier alpha value is -3.92. The molecule has 0 aromatic heterocycles. The highest BCUT2D eigenvalue weighted by molar-refractivity contribution is 7.92. The van der Waals surface area contributed by atoms with E-state index in [9.17, 15) is 23.3 Å². The molecule has 9 nitrogen and oxygen atoms in total. The Bertz CT molecular complexity index is 1250. The van der Waals surface area contributed by atoms with Gasteiger partial charge in [-0.3, -0.25) is 19.2 Å². The number of nitro groups is 1. The zero-order chi connectivity index (χ0) is 23.3. The van der Waals surface area contributed by atoms with E-state index in [0.717, 1.165) is 10.6 Å². The zero-order valence-electron chi connectivity index (χ0n) is 17.4. The van der Waals surface area contributed by atoms with Crippen molar-refractivity contribution in [3.63, 3.8) is 0 Å². The van der Waals surface area contributed by atoms with Crippen LogP contribution in [0.1, 0.15) is 5.56 Å². The number of anilines is 2. The van der Waals surface area contributed by atoms with Crippen molar-refractivity contribution in [3.05, 3.63) is 88.5 Å². The van der Waals surface area contributed by atoms with Gasteiger partial charge in [0.25, 0.3) is 5.69 Å². The number of para-hydroxylation sites is 3. The molecular formula is C22H21N3O6S. The highest BCUT2D eigenvalue weighted by Gasteiger charge is 2.25. The Morgan fingerprint density at radius 2 is 1.69 bits per heavy atom. The summed E-state index contributed by atoms with van der Waals surface area (Å²) in [5, 5.41) is 13.7. The fourth-order valence-electron chi connectivity index (χ4n) is 3.02. The van der Waals surface area contributed by atoms with Crippen molar-refractivity contribution in [2.45, 2.75) is 6.92 Å². The second kappa shape index (κ2) is 9.48. The molecule has 0 unspecified atom stereocenters. The van der Waals surface area contributed by atoms with Crippen LogP contribution in [0.3, 0.4) is 0 Å². The van der Waals surface area contributed by atoms with Gasteiger partial charge in [-0.05, 0) is 37.3 Å². The summed E-state index contributed by atoms with van der Waals surface area (Å²) in [6.07, 6.45) is 0.984. The molecule has 0 saturated carbocycles. The molecule has 10 heteroatoms. The number of rotatable bonds is 8. The number of nitro benzene ring substituents is 1. The number of sulfonamides is 1. The number of ether oxygens (including phenoxy) is 1. The molecule has 0 aliphatic carbocycles.